The van der Waals surface area contributed by atoms with Gasteiger partial charge in [0.05, 0.1) is 30.2 Å². The van der Waals surface area contributed by atoms with Gasteiger partial charge < -0.3 is 20.7 Å². The molecule has 0 atom stereocenters. The molecule has 0 radical (unpaired) electrons. The number of anilines is 3. The number of nitrogens with zero attached hydrogens (tertiary/aromatic N) is 3. The number of hydrogen-bond acceptors (Lipinski definition) is 7. The normalized spacial score (nSPS) is 12.8. The van der Waals surface area contributed by atoms with Crippen molar-refractivity contribution in [2.45, 2.75) is 26.3 Å². The maximum Gasteiger partial charge on any atom is 0.227 e. The maximum absolute atomic E-state index is 11.7. The molecule has 3 N–H and O–H groups in total. The highest BCUT2D eigenvalue weighted by Gasteiger charge is 2.15. The highest BCUT2D eigenvalue weighted by atomic mass is 16.5. The Morgan fingerprint density at radius 1 is 1.09 bits per heavy atom. The Bertz CT molecular complexity index is 1370. The average molecular weight is 455 g/mol. The van der Waals surface area contributed by atoms with Crippen molar-refractivity contribution < 1.29 is 9.53 Å². The maximum atomic E-state index is 11.7. The Labute approximate surface area is 197 Å². The molecule has 0 fully saturated rings. The molecule has 4 aromatic rings. The van der Waals surface area contributed by atoms with Crippen molar-refractivity contribution in [3.8, 4) is 16.9 Å². The summed E-state index contributed by atoms with van der Waals surface area (Å²) in [6.07, 6.45) is 6.62. The summed E-state index contributed by atoms with van der Waals surface area (Å²) in [5.74, 6) is 1.22. The van der Waals surface area contributed by atoms with Gasteiger partial charge in [0.25, 0.3) is 0 Å². The van der Waals surface area contributed by atoms with Crippen molar-refractivity contribution in [2.24, 2.45) is 0 Å². The predicted octanol–water partition coefficient (Wildman–Crippen LogP) is 4.44. The number of hydrogen-bond donors (Lipinski definition) is 3. The molecule has 0 bridgehead atoms. The number of aromatic nitrogens is 3. The van der Waals surface area contributed by atoms with Gasteiger partial charge in [0.15, 0.2) is 0 Å². The fraction of sp³-hybridized carbons (Fsp3) is 0.231. The third kappa shape index (κ3) is 4.53. The van der Waals surface area contributed by atoms with Crippen LogP contribution in [-0.4, -0.2) is 34.5 Å². The van der Waals surface area contributed by atoms with Crippen LogP contribution in [0.3, 0.4) is 0 Å². The van der Waals surface area contributed by atoms with E-state index in [2.05, 4.69) is 38.1 Å². The molecule has 2 aromatic carbocycles. The van der Waals surface area contributed by atoms with E-state index in [1.165, 1.54) is 11.1 Å². The van der Waals surface area contributed by atoms with Gasteiger partial charge in [0, 0.05) is 36.3 Å². The number of nitrogens with one attached hydrogen (secondary N) is 3. The highest BCUT2D eigenvalue weighted by molar-refractivity contribution is 5.91. The van der Waals surface area contributed by atoms with Gasteiger partial charge in [-0.1, -0.05) is 19.1 Å². The third-order valence-electron chi connectivity index (χ3n) is 5.91. The monoisotopic (exact) mass is 454 g/mol. The Balaban J connectivity index is 1.45. The molecular weight excluding hydrogens is 428 g/mol. The molecule has 1 aliphatic rings. The molecule has 0 saturated heterocycles. The van der Waals surface area contributed by atoms with Crippen LogP contribution in [0.25, 0.3) is 22.0 Å². The van der Waals surface area contributed by atoms with Gasteiger partial charge >= 0.3 is 0 Å². The number of methoxy groups -OCH3 is 1. The number of benzene rings is 2. The summed E-state index contributed by atoms with van der Waals surface area (Å²) in [5, 5.41) is 10.5. The van der Waals surface area contributed by atoms with Crippen LogP contribution in [0.4, 0.5) is 17.3 Å². The topological polar surface area (TPSA) is 101 Å². The van der Waals surface area contributed by atoms with E-state index in [-0.39, 0.29) is 5.91 Å². The molecule has 8 nitrogen and oxygen atoms in total. The molecule has 1 amide bonds. The van der Waals surface area contributed by atoms with Crippen molar-refractivity contribution in [3.63, 3.8) is 0 Å². The Morgan fingerprint density at radius 3 is 2.85 bits per heavy atom. The van der Waals surface area contributed by atoms with Gasteiger partial charge in [-0.2, -0.15) is 0 Å². The molecule has 34 heavy (non-hydrogen) atoms. The molecule has 0 spiro atoms. The van der Waals surface area contributed by atoms with Crippen LogP contribution >= 0.6 is 0 Å². The van der Waals surface area contributed by atoms with Crippen LogP contribution in [-0.2, 0) is 17.8 Å². The van der Waals surface area contributed by atoms with E-state index in [4.69, 9.17) is 9.72 Å². The second kappa shape index (κ2) is 9.44. The molecule has 172 valence electrons. The first-order valence-corrected chi connectivity index (χ1v) is 11.3. The smallest absolute Gasteiger partial charge is 0.227 e. The highest BCUT2D eigenvalue weighted by Crippen LogP contribution is 2.32. The average Bonchev–Trinajstić information content (AvgIpc) is 2.88. The van der Waals surface area contributed by atoms with E-state index >= 15 is 0 Å². The molecule has 0 aliphatic carbocycles. The molecule has 3 heterocycles. The first-order chi connectivity index (χ1) is 16.6. The fourth-order valence-electron chi connectivity index (χ4n) is 4.08. The largest absolute Gasteiger partial charge is 0.495 e. The summed E-state index contributed by atoms with van der Waals surface area (Å²) in [5.41, 5.74) is 6.71. The second-order valence-electron chi connectivity index (χ2n) is 8.20. The predicted molar refractivity (Wildman–Crippen MR) is 133 cm³/mol. The van der Waals surface area contributed by atoms with E-state index in [0.717, 1.165) is 53.0 Å². The lowest BCUT2D eigenvalue weighted by molar-refractivity contribution is -0.115. The third-order valence-corrected chi connectivity index (χ3v) is 5.91. The first kappa shape index (κ1) is 21.8. The number of rotatable bonds is 6. The molecule has 0 unspecified atom stereocenters. The SMILES string of the molecule is CCC(=O)Nc1cncc(-c2ccc3cnc(Nc4cc5c(cc4OC)CCNC5)nc3c2)c1. The van der Waals surface area contributed by atoms with Crippen LogP contribution in [0.1, 0.15) is 24.5 Å². The number of pyridine rings is 1. The van der Waals surface area contributed by atoms with Gasteiger partial charge in [0.1, 0.15) is 5.75 Å². The van der Waals surface area contributed by atoms with Gasteiger partial charge in [-0.15, -0.1) is 0 Å². The molecular formula is C26H26N6O2. The fourth-order valence-corrected chi connectivity index (χ4v) is 4.08. The molecule has 1 aliphatic heterocycles. The van der Waals surface area contributed by atoms with E-state index in [0.29, 0.717) is 18.1 Å². The van der Waals surface area contributed by atoms with E-state index in [1.807, 2.05) is 31.2 Å². The zero-order chi connectivity index (χ0) is 23.5. The minimum absolute atomic E-state index is 0.0469. The summed E-state index contributed by atoms with van der Waals surface area (Å²) in [7, 11) is 1.67. The number of amides is 1. The second-order valence-corrected chi connectivity index (χ2v) is 8.20. The van der Waals surface area contributed by atoms with Gasteiger partial charge in [-0.25, -0.2) is 9.97 Å². The van der Waals surface area contributed by atoms with Crippen molar-refractivity contribution >= 4 is 34.1 Å². The zero-order valence-electron chi connectivity index (χ0n) is 19.2. The van der Waals surface area contributed by atoms with Crippen molar-refractivity contribution in [1.82, 2.24) is 20.3 Å². The standard InChI is InChI=1S/C26H26N6O2/c1-3-25(33)30-21-8-19(13-28-15-21)16-4-5-18-14-29-26(31-22(18)9-16)32-23-10-20-12-27-7-6-17(20)11-24(23)34-2/h4-5,8-11,13-15,27H,3,6-7,12H2,1-2H3,(H,30,33)(H,29,31,32). The van der Waals surface area contributed by atoms with E-state index < -0.39 is 0 Å². The Morgan fingerprint density at radius 2 is 2.00 bits per heavy atom. The van der Waals surface area contributed by atoms with Crippen LogP contribution in [0.15, 0.2) is 55.0 Å². The minimum atomic E-state index is -0.0469. The summed E-state index contributed by atoms with van der Waals surface area (Å²) < 4.78 is 5.62. The number of carbonyl (C=O) groups excluding carboxylic acids is 1. The van der Waals surface area contributed by atoms with E-state index in [1.54, 1.807) is 25.7 Å². The van der Waals surface area contributed by atoms with Gasteiger partial charge in [-0.05, 0) is 53.9 Å². The van der Waals surface area contributed by atoms with Crippen molar-refractivity contribution in [2.75, 3.05) is 24.3 Å². The van der Waals surface area contributed by atoms with E-state index in [9.17, 15) is 4.79 Å². The van der Waals surface area contributed by atoms with Crippen LogP contribution in [0.2, 0.25) is 0 Å². The van der Waals surface area contributed by atoms with Crippen LogP contribution in [0, 0.1) is 0 Å². The van der Waals surface area contributed by atoms with Crippen molar-refractivity contribution in [3.05, 3.63) is 66.1 Å². The lowest BCUT2D eigenvalue weighted by Crippen LogP contribution is -2.23. The first-order valence-electron chi connectivity index (χ1n) is 11.3. The summed E-state index contributed by atoms with van der Waals surface area (Å²) in [6, 6.07) is 12.1. The summed E-state index contributed by atoms with van der Waals surface area (Å²) >= 11 is 0. The lowest BCUT2D eigenvalue weighted by Gasteiger charge is -2.20. The molecule has 2 aromatic heterocycles. The summed E-state index contributed by atoms with van der Waals surface area (Å²) in [4.78, 5) is 25.3. The number of fused-ring (bicyclic) bond motifs is 2. The van der Waals surface area contributed by atoms with Crippen LogP contribution in [0.5, 0.6) is 5.75 Å². The number of carbonyl (C=O) groups is 1. The van der Waals surface area contributed by atoms with Gasteiger partial charge in [0.2, 0.25) is 11.9 Å². The lowest BCUT2D eigenvalue weighted by atomic mass is 10.00. The van der Waals surface area contributed by atoms with Crippen LogP contribution < -0.4 is 20.7 Å². The minimum Gasteiger partial charge on any atom is -0.495 e. The van der Waals surface area contributed by atoms with Gasteiger partial charge in [-0.3, -0.25) is 9.78 Å². The number of ether oxygens (including phenoxy) is 1. The van der Waals surface area contributed by atoms with Crippen molar-refractivity contribution in [1.29, 1.82) is 0 Å². The Kier molecular flexibility index (Phi) is 6.05. The summed E-state index contributed by atoms with van der Waals surface area (Å²) in [6.45, 7) is 3.63. The molecule has 0 saturated carbocycles. The quantitative estimate of drug-likeness (QED) is 0.396. The Hall–Kier alpha value is -4.04. The zero-order valence-corrected chi connectivity index (χ0v) is 19.2. The molecule has 5 rings (SSSR count). The molecule has 8 heteroatoms.